The fraction of sp³-hybridized carbons (Fsp3) is 0.423. The molecule has 2 amide bonds. The summed E-state index contributed by atoms with van der Waals surface area (Å²) in [6.07, 6.45) is 1.85. The number of nitrogens with one attached hydrogen (secondary N) is 2. The van der Waals surface area contributed by atoms with Gasteiger partial charge in [-0.25, -0.2) is 4.79 Å². The van der Waals surface area contributed by atoms with E-state index in [1.54, 1.807) is 6.92 Å². The van der Waals surface area contributed by atoms with E-state index in [2.05, 4.69) is 22.8 Å². The quantitative estimate of drug-likeness (QED) is 0.467. The first-order valence-electron chi connectivity index (χ1n) is 11.6. The average molecular weight is 453 g/mol. The molecule has 3 rings (SSSR count). The molecule has 176 valence electrons. The van der Waals surface area contributed by atoms with Crippen LogP contribution in [0, 0.1) is 0 Å². The average Bonchev–Trinajstić information content (AvgIpc) is 3.13. The van der Waals surface area contributed by atoms with Gasteiger partial charge in [-0.05, 0) is 35.1 Å². The fourth-order valence-corrected chi connectivity index (χ4v) is 4.32. The van der Waals surface area contributed by atoms with Crippen LogP contribution in [0.25, 0.3) is 11.1 Å². The molecular weight excluding hydrogens is 420 g/mol. The molecule has 0 aliphatic heterocycles. The van der Waals surface area contributed by atoms with Crippen LogP contribution < -0.4 is 10.6 Å². The van der Waals surface area contributed by atoms with Gasteiger partial charge < -0.3 is 20.5 Å². The van der Waals surface area contributed by atoms with Crippen LogP contribution >= 0.6 is 0 Å². The summed E-state index contributed by atoms with van der Waals surface area (Å²) >= 11 is 0. The highest BCUT2D eigenvalue weighted by molar-refractivity contribution is 5.86. The van der Waals surface area contributed by atoms with E-state index in [0.29, 0.717) is 12.8 Å². The van der Waals surface area contributed by atoms with Crippen LogP contribution in [0.5, 0.6) is 0 Å². The van der Waals surface area contributed by atoms with Crippen LogP contribution in [0.15, 0.2) is 48.5 Å². The van der Waals surface area contributed by atoms with Gasteiger partial charge in [0.1, 0.15) is 12.6 Å². The van der Waals surface area contributed by atoms with Crippen molar-refractivity contribution in [2.24, 2.45) is 0 Å². The number of hydrogen-bond donors (Lipinski definition) is 3. The van der Waals surface area contributed by atoms with E-state index in [1.807, 2.05) is 43.3 Å². The van der Waals surface area contributed by atoms with Crippen molar-refractivity contribution in [1.29, 1.82) is 0 Å². The van der Waals surface area contributed by atoms with Crippen molar-refractivity contribution >= 4 is 18.0 Å². The lowest BCUT2D eigenvalue weighted by Crippen LogP contribution is -2.50. The number of carboxylic acids is 1. The number of unbranched alkanes of at least 4 members (excludes halogenated alkanes) is 1. The topological polar surface area (TPSA) is 105 Å². The van der Waals surface area contributed by atoms with E-state index in [0.717, 1.165) is 35.1 Å². The molecule has 0 spiro atoms. The number of hydrogen-bond acceptors (Lipinski definition) is 4. The van der Waals surface area contributed by atoms with Gasteiger partial charge in [0.2, 0.25) is 5.91 Å². The smallest absolute Gasteiger partial charge is 0.407 e. The van der Waals surface area contributed by atoms with Gasteiger partial charge in [0, 0.05) is 12.0 Å². The van der Waals surface area contributed by atoms with Crippen molar-refractivity contribution in [3.63, 3.8) is 0 Å². The Labute approximate surface area is 194 Å². The Hall–Kier alpha value is -3.35. The van der Waals surface area contributed by atoms with Crippen molar-refractivity contribution in [3.8, 4) is 11.1 Å². The predicted molar refractivity (Wildman–Crippen MR) is 126 cm³/mol. The zero-order chi connectivity index (χ0) is 23.8. The van der Waals surface area contributed by atoms with Crippen LogP contribution in [0.2, 0.25) is 0 Å². The summed E-state index contributed by atoms with van der Waals surface area (Å²) in [5, 5.41) is 14.5. The zero-order valence-electron chi connectivity index (χ0n) is 19.2. The largest absolute Gasteiger partial charge is 0.481 e. The lowest BCUT2D eigenvalue weighted by Gasteiger charge is -2.22. The highest BCUT2D eigenvalue weighted by Gasteiger charge is 2.30. The molecule has 2 aromatic rings. The summed E-state index contributed by atoms with van der Waals surface area (Å²) in [6.45, 7) is 3.95. The van der Waals surface area contributed by atoms with Gasteiger partial charge in [-0.15, -0.1) is 0 Å². The molecule has 0 bridgehead atoms. The van der Waals surface area contributed by atoms with Gasteiger partial charge in [-0.1, -0.05) is 75.2 Å². The second-order valence-corrected chi connectivity index (χ2v) is 8.38. The first-order valence-corrected chi connectivity index (χ1v) is 11.6. The third-order valence-electron chi connectivity index (χ3n) is 6.03. The molecule has 1 aliphatic rings. The van der Waals surface area contributed by atoms with E-state index < -0.39 is 30.1 Å². The van der Waals surface area contributed by atoms with Crippen LogP contribution in [0.4, 0.5) is 4.79 Å². The van der Waals surface area contributed by atoms with Gasteiger partial charge in [-0.3, -0.25) is 9.59 Å². The number of rotatable bonds is 11. The first kappa shape index (κ1) is 24.3. The summed E-state index contributed by atoms with van der Waals surface area (Å²) < 4.78 is 5.53. The van der Waals surface area contributed by atoms with Gasteiger partial charge in [-0.2, -0.15) is 0 Å². The van der Waals surface area contributed by atoms with Crippen molar-refractivity contribution in [2.75, 3.05) is 6.61 Å². The Morgan fingerprint density at radius 3 is 2.12 bits per heavy atom. The van der Waals surface area contributed by atoms with Crippen molar-refractivity contribution < 1.29 is 24.2 Å². The minimum atomic E-state index is -0.964. The summed E-state index contributed by atoms with van der Waals surface area (Å²) in [4.78, 5) is 36.3. The number of carbonyl (C=O) groups is 3. The molecular formula is C26H32N2O5. The summed E-state index contributed by atoms with van der Waals surface area (Å²) in [7, 11) is 0. The van der Waals surface area contributed by atoms with E-state index in [1.165, 1.54) is 0 Å². The second kappa shape index (κ2) is 11.5. The van der Waals surface area contributed by atoms with Crippen molar-refractivity contribution in [2.45, 2.75) is 64.0 Å². The molecule has 0 heterocycles. The minimum Gasteiger partial charge on any atom is -0.481 e. The number of carbonyl (C=O) groups excluding carboxylic acids is 2. The Bertz CT molecular complexity index is 945. The molecule has 2 aromatic carbocycles. The van der Waals surface area contributed by atoms with Crippen molar-refractivity contribution in [1.82, 2.24) is 10.6 Å². The van der Waals surface area contributed by atoms with Gasteiger partial charge in [0.15, 0.2) is 0 Å². The molecule has 0 saturated heterocycles. The summed E-state index contributed by atoms with van der Waals surface area (Å²) in [6, 6.07) is 14.9. The minimum absolute atomic E-state index is 0.0638. The van der Waals surface area contributed by atoms with E-state index in [-0.39, 0.29) is 18.9 Å². The Morgan fingerprint density at radius 1 is 0.970 bits per heavy atom. The maximum atomic E-state index is 12.7. The normalized spacial score (nSPS) is 14.0. The van der Waals surface area contributed by atoms with Gasteiger partial charge in [0.05, 0.1) is 6.42 Å². The number of ether oxygens (including phenoxy) is 1. The molecule has 0 unspecified atom stereocenters. The van der Waals surface area contributed by atoms with Crippen LogP contribution in [-0.2, 0) is 14.3 Å². The second-order valence-electron chi connectivity index (χ2n) is 8.38. The molecule has 2 atom stereocenters. The molecule has 7 heteroatoms. The summed E-state index contributed by atoms with van der Waals surface area (Å²) in [5.41, 5.74) is 4.52. The number of alkyl carbamates (subject to hydrolysis) is 1. The molecule has 1 aliphatic carbocycles. The lowest BCUT2D eigenvalue weighted by molar-refractivity contribution is -0.137. The van der Waals surface area contributed by atoms with Gasteiger partial charge >= 0.3 is 12.1 Å². The number of aliphatic carboxylic acids is 1. The molecule has 0 aromatic heterocycles. The number of amides is 2. The summed E-state index contributed by atoms with van der Waals surface area (Å²) in [5.74, 6) is -1.42. The lowest BCUT2D eigenvalue weighted by atomic mass is 9.98. The number of fused-ring (bicyclic) bond motifs is 3. The third-order valence-corrected chi connectivity index (χ3v) is 6.03. The van der Waals surface area contributed by atoms with Crippen LogP contribution in [0.3, 0.4) is 0 Å². The highest BCUT2D eigenvalue weighted by Crippen LogP contribution is 2.44. The molecule has 0 saturated carbocycles. The van der Waals surface area contributed by atoms with E-state index in [4.69, 9.17) is 9.84 Å². The standard InChI is InChI=1S/C26H32N2O5/c1-3-5-10-17(15-24(29)30)27-25(31)23(4-2)28-26(32)33-16-22-20-13-8-6-11-18(20)19-12-7-9-14-21(19)22/h6-9,11-14,17,22-23H,3-5,10,15-16H2,1-2H3,(H,27,31)(H,28,32)(H,29,30)/t17-,23+/m1/s1. The number of benzene rings is 2. The zero-order valence-corrected chi connectivity index (χ0v) is 19.2. The molecule has 0 radical (unpaired) electrons. The number of carboxylic acid groups (broad SMARTS) is 1. The fourth-order valence-electron chi connectivity index (χ4n) is 4.32. The molecule has 33 heavy (non-hydrogen) atoms. The molecule has 7 nitrogen and oxygen atoms in total. The van der Waals surface area contributed by atoms with Crippen LogP contribution in [-0.4, -0.2) is 41.8 Å². The van der Waals surface area contributed by atoms with E-state index in [9.17, 15) is 14.4 Å². The maximum absolute atomic E-state index is 12.7. The Morgan fingerprint density at radius 2 is 1.58 bits per heavy atom. The molecule has 3 N–H and O–H groups in total. The third kappa shape index (κ3) is 6.12. The predicted octanol–water partition coefficient (Wildman–Crippen LogP) is 4.45. The maximum Gasteiger partial charge on any atom is 0.407 e. The highest BCUT2D eigenvalue weighted by atomic mass is 16.5. The Balaban J connectivity index is 1.59. The SMILES string of the molecule is CCCC[C@H](CC(=O)O)NC(=O)[C@H](CC)NC(=O)OCC1c2ccccc2-c2ccccc21. The first-order chi connectivity index (χ1) is 15.9. The monoisotopic (exact) mass is 452 g/mol. The van der Waals surface area contributed by atoms with E-state index >= 15 is 0 Å². The molecule has 0 fully saturated rings. The van der Waals surface area contributed by atoms with Crippen LogP contribution in [0.1, 0.15) is 63.0 Å². The Kier molecular flexibility index (Phi) is 8.46. The van der Waals surface area contributed by atoms with Crippen molar-refractivity contribution in [3.05, 3.63) is 59.7 Å². The van der Waals surface area contributed by atoms with Gasteiger partial charge in [0.25, 0.3) is 0 Å².